The average Bonchev–Trinajstić information content (AvgIpc) is 2.58. The molecular formula is C19H21NO6. The largest absolute Gasteiger partial charge is 0.511 e. The van der Waals surface area contributed by atoms with Crippen LogP contribution in [-0.4, -0.2) is 43.3 Å². The maximum Gasteiger partial charge on any atom is 0.337 e. The molecule has 0 saturated heterocycles. The van der Waals surface area contributed by atoms with Crippen LogP contribution in [0.2, 0.25) is 0 Å². The van der Waals surface area contributed by atoms with Gasteiger partial charge in [0.1, 0.15) is 5.76 Å². The van der Waals surface area contributed by atoms with Crippen LogP contribution in [0.15, 0.2) is 34.5 Å². The van der Waals surface area contributed by atoms with E-state index in [1.54, 1.807) is 0 Å². The predicted molar refractivity (Wildman–Crippen MR) is 94.9 cm³/mol. The van der Waals surface area contributed by atoms with E-state index in [1.165, 1.54) is 38.6 Å². The zero-order valence-electron chi connectivity index (χ0n) is 15.2. The number of rotatable bonds is 4. The molecule has 0 aromatic heterocycles. The summed E-state index contributed by atoms with van der Waals surface area (Å²) >= 11 is 0. The lowest BCUT2D eigenvalue weighted by Crippen LogP contribution is -2.26. The van der Waals surface area contributed by atoms with Gasteiger partial charge >= 0.3 is 11.9 Å². The number of nitrogens with zero attached hydrogens (tertiary/aromatic N) is 1. The van der Waals surface area contributed by atoms with Crippen LogP contribution in [0.1, 0.15) is 47.4 Å². The number of hydrogen-bond acceptors (Lipinski definition) is 7. The molecule has 0 saturated carbocycles. The van der Waals surface area contributed by atoms with Crippen molar-refractivity contribution in [2.75, 3.05) is 14.2 Å². The molecule has 0 aliphatic heterocycles. The Kier molecular flexibility index (Phi) is 5.59. The monoisotopic (exact) mass is 359 g/mol. The standard InChI is InChI=1S/C19H21NO6/c1-19(2)8-15(21)14(16(22)9-19)10-20-13-6-11(17(23)25-3)5-12(7-13)18(24)26-4/h5-7,10,21H,8-9H2,1-4H3. The second-order valence-corrected chi connectivity index (χ2v) is 6.81. The Morgan fingerprint density at radius 1 is 1.08 bits per heavy atom. The minimum atomic E-state index is -0.634. The molecule has 0 heterocycles. The van der Waals surface area contributed by atoms with E-state index in [2.05, 4.69) is 14.5 Å². The first kappa shape index (κ1) is 19.4. The van der Waals surface area contributed by atoms with Crippen LogP contribution < -0.4 is 0 Å². The van der Waals surface area contributed by atoms with Gasteiger partial charge in [-0.2, -0.15) is 0 Å². The van der Waals surface area contributed by atoms with Crippen molar-refractivity contribution in [3.05, 3.63) is 40.7 Å². The smallest absolute Gasteiger partial charge is 0.337 e. The molecule has 0 atom stereocenters. The molecule has 7 nitrogen and oxygen atoms in total. The van der Waals surface area contributed by atoms with Crippen LogP contribution in [0.25, 0.3) is 0 Å². The summed E-state index contributed by atoms with van der Waals surface area (Å²) in [6, 6.07) is 4.18. The van der Waals surface area contributed by atoms with Crippen LogP contribution >= 0.6 is 0 Å². The van der Waals surface area contributed by atoms with Gasteiger partial charge in [-0.1, -0.05) is 13.8 Å². The highest BCUT2D eigenvalue weighted by Gasteiger charge is 2.32. The van der Waals surface area contributed by atoms with Gasteiger partial charge in [-0.05, 0) is 23.6 Å². The summed E-state index contributed by atoms with van der Waals surface area (Å²) in [6.07, 6.45) is 1.92. The third-order valence-electron chi connectivity index (χ3n) is 4.00. The van der Waals surface area contributed by atoms with Crippen LogP contribution in [0, 0.1) is 5.41 Å². The van der Waals surface area contributed by atoms with Gasteiger partial charge in [-0.3, -0.25) is 9.79 Å². The Balaban J connectivity index is 2.42. The summed E-state index contributed by atoms with van der Waals surface area (Å²) in [4.78, 5) is 39.9. The quantitative estimate of drug-likeness (QED) is 0.654. The van der Waals surface area contributed by atoms with E-state index in [9.17, 15) is 19.5 Å². The molecule has 0 bridgehead atoms. The van der Waals surface area contributed by atoms with Crippen molar-refractivity contribution in [2.24, 2.45) is 10.4 Å². The van der Waals surface area contributed by atoms with Crippen molar-refractivity contribution >= 4 is 29.6 Å². The van der Waals surface area contributed by atoms with E-state index in [1.807, 2.05) is 13.8 Å². The van der Waals surface area contributed by atoms with Gasteiger partial charge in [-0.25, -0.2) is 9.59 Å². The van der Waals surface area contributed by atoms with Gasteiger partial charge in [0.05, 0.1) is 36.6 Å². The maximum absolute atomic E-state index is 12.2. The lowest BCUT2D eigenvalue weighted by atomic mass is 9.77. The normalized spacial score (nSPS) is 16.7. The molecule has 1 aromatic carbocycles. The number of carbonyl (C=O) groups excluding carboxylic acids is 3. The Morgan fingerprint density at radius 3 is 2.08 bits per heavy atom. The third kappa shape index (κ3) is 4.36. The molecule has 1 aromatic rings. The number of ketones is 1. The van der Waals surface area contributed by atoms with E-state index in [0.717, 1.165) is 0 Å². The topological polar surface area (TPSA) is 102 Å². The lowest BCUT2D eigenvalue weighted by molar-refractivity contribution is -0.117. The molecule has 0 spiro atoms. The number of aliphatic imine (C=N–C) groups is 1. The van der Waals surface area contributed by atoms with Crippen molar-refractivity contribution in [1.29, 1.82) is 0 Å². The fourth-order valence-electron chi connectivity index (χ4n) is 2.74. The Bertz CT molecular complexity index is 785. The van der Waals surface area contributed by atoms with Crippen molar-refractivity contribution < 1.29 is 29.0 Å². The zero-order valence-corrected chi connectivity index (χ0v) is 15.2. The molecule has 7 heteroatoms. The van der Waals surface area contributed by atoms with Gasteiger partial charge in [-0.15, -0.1) is 0 Å². The molecule has 1 aliphatic rings. The predicted octanol–water partition coefficient (Wildman–Crippen LogP) is 3.16. The van der Waals surface area contributed by atoms with Crippen LogP contribution in [-0.2, 0) is 14.3 Å². The summed E-state index contributed by atoms with van der Waals surface area (Å²) in [7, 11) is 2.45. The third-order valence-corrected chi connectivity index (χ3v) is 4.00. The lowest BCUT2D eigenvalue weighted by Gasteiger charge is -2.28. The van der Waals surface area contributed by atoms with E-state index in [4.69, 9.17) is 0 Å². The molecule has 1 N–H and O–H groups in total. The van der Waals surface area contributed by atoms with Gasteiger partial charge in [0.25, 0.3) is 0 Å². The summed E-state index contributed by atoms with van der Waals surface area (Å²) in [5, 5.41) is 10.1. The highest BCUT2D eigenvalue weighted by Crippen LogP contribution is 2.35. The summed E-state index contributed by atoms with van der Waals surface area (Å²) in [5.74, 6) is -1.50. The van der Waals surface area contributed by atoms with Gasteiger partial charge in [0, 0.05) is 19.1 Å². The number of carbonyl (C=O) groups is 3. The minimum Gasteiger partial charge on any atom is -0.511 e. The molecule has 0 amide bonds. The van der Waals surface area contributed by atoms with Crippen LogP contribution in [0.5, 0.6) is 0 Å². The first-order valence-electron chi connectivity index (χ1n) is 7.98. The second-order valence-electron chi connectivity index (χ2n) is 6.81. The highest BCUT2D eigenvalue weighted by molar-refractivity contribution is 6.15. The van der Waals surface area contributed by atoms with Gasteiger partial charge in [0.2, 0.25) is 0 Å². The first-order chi connectivity index (χ1) is 12.2. The molecule has 2 rings (SSSR count). The number of allylic oxidation sites excluding steroid dienone is 2. The number of Topliss-reactive ketones (excluding diaryl/α,β-unsaturated/α-hetero) is 1. The Labute approximate surface area is 151 Å². The van der Waals surface area contributed by atoms with Crippen LogP contribution in [0.4, 0.5) is 5.69 Å². The minimum absolute atomic E-state index is 0.0210. The second kappa shape index (κ2) is 7.51. The number of esters is 2. The van der Waals surface area contributed by atoms with E-state index >= 15 is 0 Å². The molecule has 0 radical (unpaired) electrons. The number of methoxy groups -OCH3 is 2. The Hall–Kier alpha value is -2.96. The molecule has 0 fully saturated rings. The van der Waals surface area contributed by atoms with Crippen molar-refractivity contribution in [2.45, 2.75) is 26.7 Å². The Morgan fingerprint density at radius 2 is 1.62 bits per heavy atom. The van der Waals surface area contributed by atoms with Gasteiger partial charge in [0.15, 0.2) is 5.78 Å². The zero-order chi connectivity index (χ0) is 19.5. The van der Waals surface area contributed by atoms with E-state index < -0.39 is 11.9 Å². The SMILES string of the molecule is COC(=O)c1cc(N=CC2=C(O)CC(C)(C)CC2=O)cc(C(=O)OC)c1. The first-order valence-corrected chi connectivity index (χ1v) is 7.98. The number of aliphatic hydroxyl groups excluding tert-OH is 1. The van der Waals surface area contributed by atoms with Crippen molar-refractivity contribution in [1.82, 2.24) is 0 Å². The average molecular weight is 359 g/mol. The van der Waals surface area contributed by atoms with E-state index in [-0.39, 0.29) is 39.3 Å². The van der Waals surface area contributed by atoms with Crippen molar-refractivity contribution in [3.8, 4) is 0 Å². The van der Waals surface area contributed by atoms with Crippen LogP contribution in [0.3, 0.4) is 0 Å². The fraction of sp³-hybridized carbons (Fsp3) is 0.368. The number of aliphatic hydroxyl groups is 1. The summed E-state index contributed by atoms with van der Waals surface area (Å²) in [5.41, 5.74) is 0.328. The fourth-order valence-corrected chi connectivity index (χ4v) is 2.74. The highest BCUT2D eigenvalue weighted by atomic mass is 16.5. The maximum atomic E-state index is 12.2. The summed E-state index contributed by atoms with van der Waals surface area (Å²) in [6.45, 7) is 3.80. The molecule has 26 heavy (non-hydrogen) atoms. The number of hydrogen-bond donors (Lipinski definition) is 1. The number of ether oxygens (including phenoxy) is 2. The van der Waals surface area contributed by atoms with Crippen molar-refractivity contribution in [3.63, 3.8) is 0 Å². The van der Waals surface area contributed by atoms with Gasteiger partial charge < -0.3 is 14.6 Å². The molecule has 138 valence electrons. The molecule has 1 aliphatic carbocycles. The molecule has 0 unspecified atom stereocenters. The summed E-state index contributed by atoms with van der Waals surface area (Å²) < 4.78 is 9.33. The number of benzene rings is 1. The van der Waals surface area contributed by atoms with E-state index in [0.29, 0.717) is 12.8 Å². The molecular weight excluding hydrogens is 338 g/mol.